The summed E-state index contributed by atoms with van der Waals surface area (Å²) in [4.78, 5) is 38.4. The molecule has 6 nitrogen and oxygen atoms in total. The average Bonchev–Trinajstić information content (AvgIpc) is 3.46. The van der Waals surface area contributed by atoms with Gasteiger partial charge in [-0.1, -0.05) is 358 Å². The number of hydrogen-bond acceptors (Lipinski definition) is 6. The molecule has 0 aromatic heterocycles. The van der Waals surface area contributed by atoms with Gasteiger partial charge in [0.15, 0.2) is 6.10 Å². The summed E-state index contributed by atoms with van der Waals surface area (Å²) in [7, 11) is 0. The Balaban J connectivity index is 4.24. The van der Waals surface area contributed by atoms with E-state index in [0.29, 0.717) is 19.3 Å². The largest absolute Gasteiger partial charge is 0.462 e. The lowest BCUT2D eigenvalue weighted by Gasteiger charge is -2.18. The zero-order chi connectivity index (χ0) is 57.8. The van der Waals surface area contributed by atoms with Crippen LogP contribution in [0.15, 0.2) is 48.6 Å². The van der Waals surface area contributed by atoms with Crippen LogP contribution in [0.2, 0.25) is 0 Å². The maximum Gasteiger partial charge on any atom is 0.306 e. The summed E-state index contributed by atoms with van der Waals surface area (Å²) in [6.07, 6.45) is 87.2. The Kier molecular flexibility index (Phi) is 66.6. The molecule has 0 aromatic rings. The number of rotatable bonds is 66. The van der Waals surface area contributed by atoms with Crippen molar-refractivity contribution in [2.75, 3.05) is 13.2 Å². The highest BCUT2D eigenvalue weighted by Crippen LogP contribution is 2.19. The summed E-state index contributed by atoms with van der Waals surface area (Å²) in [5.74, 6) is -0.851. The molecular weight excluding hydrogens is 985 g/mol. The maximum atomic E-state index is 12.9. The number of carbonyl (C=O) groups is 3. The van der Waals surface area contributed by atoms with Gasteiger partial charge in [0, 0.05) is 19.3 Å². The van der Waals surface area contributed by atoms with E-state index < -0.39 is 6.10 Å². The molecule has 0 fully saturated rings. The molecule has 0 aliphatic rings. The van der Waals surface area contributed by atoms with Gasteiger partial charge in [-0.25, -0.2) is 0 Å². The molecule has 0 bridgehead atoms. The molecule has 0 radical (unpaired) electrons. The molecule has 1 unspecified atom stereocenters. The number of carbonyl (C=O) groups excluding carboxylic acids is 3. The Labute approximate surface area is 498 Å². The SMILES string of the molecule is CC/C=C\C/C=C\C/C=C\C/C=C\CCCCCCCCCCC(=O)OC(COC(=O)CCCCCCCCCCCCCCCC)COC(=O)CCCCCCCCCCCCCCCCCCCCCCCCCCCCC. The Morgan fingerprint density at radius 3 is 0.762 bits per heavy atom. The summed E-state index contributed by atoms with van der Waals surface area (Å²) in [5.41, 5.74) is 0. The second-order valence-corrected chi connectivity index (χ2v) is 24.1. The first kappa shape index (κ1) is 77.4. The van der Waals surface area contributed by atoms with E-state index in [-0.39, 0.29) is 31.1 Å². The van der Waals surface area contributed by atoms with E-state index in [4.69, 9.17) is 14.2 Å². The van der Waals surface area contributed by atoms with Crippen LogP contribution in [0.3, 0.4) is 0 Å². The van der Waals surface area contributed by atoms with Crippen molar-refractivity contribution in [3.63, 3.8) is 0 Å². The molecule has 0 saturated carbocycles. The molecule has 0 aliphatic heterocycles. The third-order valence-corrected chi connectivity index (χ3v) is 16.1. The minimum Gasteiger partial charge on any atom is -0.462 e. The predicted molar refractivity (Wildman–Crippen MR) is 349 cm³/mol. The number of ether oxygens (including phenoxy) is 3. The van der Waals surface area contributed by atoms with E-state index in [2.05, 4.69) is 69.4 Å². The van der Waals surface area contributed by atoms with Gasteiger partial charge >= 0.3 is 17.9 Å². The maximum absolute atomic E-state index is 12.9. The van der Waals surface area contributed by atoms with Gasteiger partial charge in [-0.05, 0) is 57.8 Å². The lowest BCUT2D eigenvalue weighted by Crippen LogP contribution is -2.30. The molecule has 0 aliphatic carbocycles. The van der Waals surface area contributed by atoms with Crippen molar-refractivity contribution in [3.05, 3.63) is 48.6 Å². The number of allylic oxidation sites excluding steroid dienone is 8. The summed E-state index contributed by atoms with van der Waals surface area (Å²) in [5, 5.41) is 0. The first-order chi connectivity index (χ1) is 39.5. The minimum absolute atomic E-state index is 0.0709. The molecule has 0 rings (SSSR count). The van der Waals surface area contributed by atoms with Crippen molar-refractivity contribution in [3.8, 4) is 0 Å². The van der Waals surface area contributed by atoms with Crippen LogP contribution in [0.1, 0.15) is 387 Å². The topological polar surface area (TPSA) is 78.9 Å². The van der Waals surface area contributed by atoms with Gasteiger partial charge in [0.05, 0.1) is 0 Å². The van der Waals surface area contributed by atoms with Crippen molar-refractivity contribution in [2.24, 2.45) is 0 Å². The highest BCUT2D eigenvalue weighted by Gasteiger charge is 2.19. The van der Waals surface area contributed by atoms with Crippen LogP contribution in [0.5, 0.6) is 0 Å². The molecule has 0 spiro atoms. The van der Waals surface area contributed by atoms with Gasteiger partial charge < -0.3 is 14.2 Å². The van der Waals surface area contributed by atoms with Crippen molar-refractivity contribution >= 4 is 17.9 Å². The molecule has 0 amide bonds. The fourth-order valence-corrected chi connectivity index (χ4v) is 10.8. The first-order valence-corrected chi connectivity index (χ1v) is 35.6. The van der Waals surface area contributed by atoms with Crippen LogP contribution in [0, 0.1) is 0 Å². The predicted octanol–water partition coefficient (Wildman–Crippen LogP) is 24.5. The molecule has 0 aromatic carbocycles. The lowest BCUT2D eigenvalue weighted by atomic mass is 10.0. The second-order valence-electron chi connectivity index (χ2n) is 24.1. The number of esters is 3. The smallest absolute Gasteiger partial charge is 0.306 e. The summed E-state index contributed by atoms with van der Waals surface area (Å²) in [6.45, 7) is 6.60. The molecule has 6 heteroatoms. The van der Waals surface area contributed by atoms with Gasteiger partial charge in [-0.2, -0.15) is 0 Å². The molecule has 468 valence electrons. The molecule has 0 N–H and O–H groups in total. The van der Waals surface area contributed by atoms with E-state index in [9.17, 15) is 14.4 Å². The first-order valence-electron chi connectivity index (χ1n) is 35.6. The molecule has 0 saturated heterocycles. The second kappa shape index (κ2) is 68.9. The molecular formula is C74H136O6. The average molecular weight is 1120 g/mol. The van der Waals surface area contributed by atoms with Crippen LogP contribution < -0.4 is 0 Å². The zero-order valence-electron chi connectivity index (χ0n) is 53.9. The monoisotopic (exact) mass is 1120 g/mol. The van der Waals surface area contributed by atoms with Gasteiger partial charge in [-0.15, -0.1) is 0 Å². The van der Waals surface area contributed by atoms with Crippen LogP contribution in [-0.2, 0) is 28.6 Å². The number of unbranched alkanes of at least 4 members (excludes halogenated alkanes) is 47. The summed E-state index contributed by atoms with van der Waals surface area (Å²) >= 11 is 0. The summed E-state index contributed by atoms with van der Waals surface area (Å²) in [6, 6.07) is 0. The Morgan fingerprint density at radius 2 is 0.487 bits per heavy atom. The van der Waals surface area contributed by atoms with Gasteiger partial charge in [0.1, 0.15) is 13.2 Å². The van der Waals surface area contributed by atoms with Crippen molar-refractivity contribution in [2.45, 2.75) is 393 Å². The van der Waals surface area contributed by atoms with E-state index in [0.717, 1.165) is 89.9 Å². The van der Waals surface area contributed by atoms with Crippen molar-refractivity contribution in [1.29, 1.82) is 0 Å². The fraction of sp³-hybridized carbons (Fsp3) is 0.851. The highest BCUT2D eigenvalue weighted by atomic mass is 16.6. The third kappa shape index (κ3) is 66.2. The van der Waals surface area contributed by atoms with Gasteiger partial charge in [0.2, 0.25) is 0 Å². The van der Waals surface area contributed by atoms with Crippen molar-refractivity contribution < 1.29 is 28.6 Å². The van der Waals surface area contributed by atoms with Crippen LogP contribution in [0.4, 0.5) is 0 Å². The highest BCUT2D eigenvalue weighted by molar-refractivity contribution is 5.71. The normalized spacial score (nSPS) is 12.3. The van der Waals surface area contributed by atoms with E-state index in [1.54, 1.807) is 0 Å². The molecule has 0 heterocycles. The quantitative estimate of drug-likeness (QED) is 0.0261. The van der Waals surface area contributed by atoms with Crippen LogP contribution in [0.25, 0.3) is 0 Å². The lowest BCUT2D eigenvalue weighted by molar-refractivity contribution is -0.167. The number of hydrogen-bond donors (Lipinski definition) is 0. The van der Waals surface area contributed by atoms with E-state index in [1.165, 1.54) is 257 Å². The van der Waals surface area contributed by atoms with Crippen molar-refractivity contribution in [1.82, 2.24) is 0 Å². The van der Waals surface area contributed by atoms with Gasteiger partial charge in [0.25, 0.3) is 0 Å². The van der Waals surface area contributed by atoms with Crippen LogP contribution in [-0.4, -0.2) is 37.2 Å². The zero-order valence-corrected chi connectivity index (χ0v) is 53.9. The summed E-state index contributed by atoms with van der Waals surface area (Å²) < 4.78 is 17.0. The van der Waals surface area contributed by atoms with E-state index in [1.807, 2.05) is 0 Å². The molecule has 80 heavy (non-hydrogen) atoms. The van der Waals surface area contributed by atoms with E-state index >= 15 is 0 Å². The Hall–Kier alpha value is -2.63. The Morgan fingerprint density at radius 1 is 0.263 bits per heavy atom. The van der Waals surface area contributed by atoms with Crippen LogP contribution >= 0.6 is 0 Å². The Bertz CT molecular complexity index is 1380. The fourth-order valence-electron chi connectivity index (χ4n) is 10.8. The third-order valence-electron chi connectivity index (χ3n) is 16.1. The molecule has 1 atom stereocenters. The van der Waals surface area contributed by atoms with Gasteiger partial charge in [-0.3, -0.25) is 14.4 Å². The minimum atomic E-state index is -0.776. The standard InChI is InChI=1S/C74H136O6/c1-4-7-10-13-16-19-22-25-28-30-32-34-35-36-37-38-39-41-42-44-46-49-52-55-58-61-64-67-73(76)79-70-71(69-78-72(75)66-63-60-57-54-51-48-27-24-21-18-15-12-9-6-3)80-74(77)68-65-62-59-56-53-50-47-45-43-40-33-31-29-26-23-20-17-14-11-8-5-2/h8,11,17,20,26,29,33,40,71H,4-7,9-10,12-16,18-19,21-25,27-28,30-32,34-39,41-70H2,1-3H3/b11-8-,20-17-,29-26-,40-33-.